The van der Waals surface area contributed by atoms with Crippen LogP contribution in [0.4, 0.5) is 0 Å². The molecule has 0 saturated carbocycles. The van der Waals surface area contributed by atoms with E-state index in [1.165, 1.54) is 0 Å². The molecule has 1 heterocycles. The molecule has 6 heteroatoms. The molecule has 1 amide bonds. The Hall–Kier alpha value is -1.87. The molecular weight excluding hydrogens is 182 g/mol. The highest BCUT2D eigenvalue weighted by Gasteiger charge is 2.02. The lowest BCUT2D eigenvalue weighted by molar-refractivity contribution is -0.121. The molecule has 0 aromatic carbocycles. The van der Waals surface area contributed by atoms with Crippen molar-refractivity contribution in [2.24, 2.45) is 5.84 Å². The third kappa shape index (κ3) is 2.57. The van der Waals surface area contributed by atoms with Crippen LogP contribution in [0, 0.1) is 11.3 Å². The van der Waals surface area contributed by atoms with Crippen LogP contribution in [-0.2, 0) is 11.3 Å². The third-order valence-electron chi connectivity index (χ3n) is 1.78. The molecule has 1 rings (SSSR count). The molecule has 0 bridgehead atoms. The van der Waals surface area contributed by atoms with Gasteiger partial charge in [-0.2, -0.15) is 5.26 Å². The van der Waals surface area contributed by atoms with Gasteiger partial charge in [-0.05, 0) is 6.42 Å². The highest BCUT2D eigenvalue weighted by atomic mass is 16.2. The molecule has 0 spiro atoms. The van der Waals surface area contributed by atoms with Crippen molar-refractivity contribution in [1.29, 1.82) is 5.26 Å². The first-order valence-corrected chi connectivity index (χ1v) is 4.18. The number of amides is 1. The summed E-state index contributed by atoms with van der Waals surface area (Å²) >= 11 is 0. The summed E-state index contributed by atoms with van der Waals surface area (Å²) in [5.74, 6) is 5.07. The summed E-state index contributed by atoms with van der Waals surface area (Å²) in [4.78, 5) is 14.6. The number of imidazole rings is 1. The smallest absolute Gasteiger partial charge is 0.233 e. The van der Waals surface area contributed by atoms with Gasteiger partial charge in [0, 0.05) is 25.4 Å². The van der Waals surface area contributed by atoms with Gasteiger partial charge in [-0.15, -0.1) is 0 Å². The van der Waals surface area contributed by atoms with E-state index in [9.17, 15) is 4.79 Å². The fourth-order valence-electron chi connectivity index (χ4n) is 1.08. The van der Waals surface area contributed by atoms with Crippen LogP contribution in [0.1, 0.15) is 18.7 Å². The standard InChI is InChI=1S/C8H11N5O/c9-6-7-11-3-5-13(7)4-1-2-8(14)12-10/h3,5H,1-2,4,10H2,(H,12,14). The lowest BCUT2D eigenvalue weighted by Gasteiger charge is -2.02. The van der Waals surface area contributed by atoms with Gasteiger partial charge in [-0.1, -0.05) is 0 Å². The topological polar surface area (TPSA) is 96.7 Å². The van der Waals surface area contributed by atoms with E-state index in [0.29, 0.717) is 25.2 Å². The Morgan fingerprint density at radius 2 is 2.57 bits per heavy atom. The summed E-state index contributed by atoms with van der Waals surface area (Å²) < 4.78 is 1.70. The molecule has 1 aromatic heterocycles. The van der Waals surface area contributed by atoms with Crippen molar-refractivity contribution in [2.75, 3.05) is 0 Å². The maximum absolute atomic E-state index is 10.8. The molecule has 0 aliphatic carbocycles. The maximum atomic E-state index is 10.8. The highest BCUT2D eigenvalue weighted by molar-refractivity contribution is 5.75. The minimum absolute atomic E-state index is 0.205. The SMILES string of the molecule is N#Cc1nccn1CCCC(=O)NN. The van der Waals surface area contributed by atoms with Crippen molar-refractivity contribution in [3.05, 3.63) is 18.2 Å². The zero-order valence-electron chi connectivity index (χ0n) is 7.60. The molecule has 0 saturated heterocycles. The fraction of sp³-hybridized carbons (Fsp3) is 0.375. The zero-order chi connectivity index (χ0) is 10.4. The first kappa shape index (κ1) is 10.2. The molecule has 0 radical (unpaired) electrons. The summed E-state index contributed by atoms with van der Waals surface area (Å²) in [5.41, 5.74) is 2.04. The number of aryl methyl sites for hydroxylation is 1. The van der Waals surface area contributed by atoms with Crippen LogP contribution in [0.5, 0.6) is 0 Å². The molecule has 0 atom stereocenters. The van der Waals surface area contributed by atoms with Gasteiger partial charge >= 0.3 is 0 Å². The number of carbonyl (C=O) groups is 1. The Kier molecular flexibility index (Phi) is 3.64. The molecule has 74 valence electrons. The van der Waals surface area contributed by atoms with Crippen molar-refractivity contribution in [2.45, 2.75) is 19.4 Å². The Labute approximate surface area is 81.3 Å². The number of hydrazine groups is 1. The van der Waals surface area contributed by atoms with Gasteiger partial charge < -0.3 is 4.57 Å². The number of aromatic nitrogens is 2. The quantitative estimate of drug-likeness (QED) is 0.383. The maximum Gasteiger partial charge on any atom is 0.233 e. The molecule has 14 heavy (non-hydrogen) atoms. The number of nitrogens with one attached hydrogen (secondary N) is 1. The summed E-state index contributed by atoms with van der Waals surface area (Å²) in [6, 6.07) is 1.95. The molecule has 1 aromatic rings. The largest absolute Gasteiger partial charge is 0.323 e. The second-order valence-electron chi connectivity index (χ2n) is 2.73. The number of rotatable bonds is 4. The van der Waals surface area contributed by atoms with E-state index in [0.717, 1.165) is 0 Å². The van der Waals surface area contributed by atoms with Crippen molar-refractivity contribution in [3.63, 3.8) is 0 Å². The summed E-state index contributed by atoms with van der Waals surface area (Å²) in [6.45, 7) is 0.594. The Bertz CT molecular complexity index is 351. The average Bonchev–Trinajstić information content (AvgIpc) is 2.65. The first-order chi connectivity index (χ1) is 6.77. The van der Waals surface area contributed by atoms with Gasteiger partial charge in [0.05, 0.1) is 0 Å². The molecule has 0 aliphatic heterocycles. The van der Waals surface area contributed by atoms with Gasteiger partial charge in [-0.25, -0.2) is 10.8 Å². The lowest BCUT2D eigenvalue weighted by atomic mass is 10.3. The number of hydrogen-bond donors (Lipinski definition) is 2. The Morgan fingerprint density at radius 3 is 3.21 bits per heavy atom. The van der Waals surface area contributed by atoms with Crippen LogP contribution >= 0.6 is 0 Å². The zero-order valence-corrected chi connectivity index (χ0v) is 7.60. The minimum Gasteiger partial charge on any atom is -0.323 e. The second kappa shape index (κ2) is 4.99. The van der Waals surface area contributed by atoms with Crippen molar-refractivity contribution >= 4 is 5.91 Å². The van der Waals surface area contributed by atoms with Gasteiger partial charge in [-0.3, -0.25) is 10.2 Å². The van der Waals surface area contributed by atoms with Crippen molar-refractivity contribution in [3.8, 4) is 6.07 Å². The number of nitrogens with zero attached hydrogens (tertiary/aromatic N) is 3. The molecule has 3 N–H and O–H groups in total. The molecule has 0 fully saturated rings. The predicted molar refractivity (Wildman–Crippen MR) is 48.5 cm³/mol. The first-order valence-electron chi connectivity index (χ1n) is 4.18. The van der Waals surface area contributed by atoms with Gasteiger partial charge in [0.2, 0.25) is 11.7 Å². The van der Waals surface area contributed by atoms with Gasteiger partial charge in [0.15, 0.2) is 0 Å². The normalized spacial score (nSPS) is 9.43. The monoisotopic (exact) mass is 193 g/mol. The van der Waals surface area contributed by atoms with Crippen LogP contribution in [0.3, 0.4) is 0 Å². The van der Waals surface area contributed by atoms with E-state index in [-0.39, 0.29) is 5.91 Å². The van der Waals surface area contributed by atoms with Crippen molar-refractivity contribution < 1.29 is 4.79 Å². The highest BCUT2D eigenvalue weighted by Crippen LogP contribution is 1.99. The molecule has 0 unspecified atom stereocenters. The van der Waals surface area contributed by atoms with E-state index in [1.54, 1.807) is 17.0 Å². The third-order valence-corrected chi connectivity index (χ3v) is 1.78. The number of carbonyl (C=O) groups excluding carboxylic acids is 1. The number of nitrogens with two attached hydrogens (primary N) is 1. The van der Waals surface area contributed by atoms with Gasteiger partial charge in [0.25, 0.3) is 0 Å². The molecular formula is C8H11N5O. The molecule has 6 nitrogen and oxygen atoms in total. The summed E-state index contributed by atoms with van der Waals surface area (Å²) in [5, 5.41) is 8.63. The number of hydrogen-bond acceptors (Lipinski definition) is 4. The van der Waals surface area contributed by atoms with E-state index in [4.69, 9.17) is 11.1 Å². The second-order valence-corrected chi connectivity index (χ2v) is 2.73. The Balaban J connectivity index is 2.39. The minimum atomic E-state index is -0.205. The predicted octanol–water partition coefficient (Wildman–Crippen LogP) is -0.475. The summed E-state index contributed by atoms with van der Waals surface area (Å²) in [6.07, 6.45) is 4.24. The van der Waals surface area contributed by atoms with Crippen LogP contribution < -0.4 is 11.3 Å². The van der Waals surface area contributed by atoms with Crippen LogP contribution in [0.2, 0.25) is 0 Å². The van der Waals surface area contributed by atoms with E-state index >= 15 is 0 Å². The number of nitriles is 1. The Morgan fingerprint density at radius 1 is 1.79 bits per heavy atom. The van der Waals surface area contributed by atoms with E-state index in [1.807, 2.05) is 11.5 Å². The average molecular weight is 193 g/mol. The lowest BCUT2D eigenvalue weighted by Crippen LogP contribution is -2.29. The van der Waals surface area contributed by atoms with Crippen LogP contribution in [-0.4, -0.2) is 15.5 Å². The molecule has 0 aliphatic rings. The summed E-state index contributed by atoms with van der Waals surface area (Å²) in [7, 11) is 0. The van der Waals surface area contributed by atoms with Crippen molar-refractivity contribution in [1.82, 2.24) is 15.0 Å². The van der Waals surface area contributed by atoms with Crippen LogP contribution in [0.15, 0.2) is 12.4 Å². The van der Waals surface area contributed by atoms with E-state index < -0.39 is 0 Å². The van der Waals surface area contributed by atoms with Gasteiger partial charge in [0.1, 0.15) is 6.07 Å². The van der Waals surface area contributed by atoms with E-state index in [2.05, 4.69) is 4.98 Å². The fourth-order valence-corrected chi connectivity index (χ4v) is 1.08. The van der Waals surface area contributed by atoms with Crippen LogP contribution in [0.25, 0.3) is 0 Å².